The molecule has 0 spiro atoms. The van der Waals surface area contributed by atoms with E-state index in [1.165, 1.54) is 25.7 Å². The van der Waals surface area contributed by atoms with E-state index in [4.69, 9.17) is 4.74 Å². The fraction of sp³-hybridized carbons (Fsp3) is 0.944. The summed E-state index contributed by atoms with van der Waals surface area (Å²) in [5.41, 5.74) is -0.660. The van der Waals surface area contributed by atoms with Gasteiger partial charge >= 0.3 is 5.97 Å². The van der Waals surface area contributed by atoms with Crippen molar-refractivity contribution in [3.8, 4) is 0 Å². The Kier molecular flexibility index (Phi) is 10.8. The standard InChI is InChI=1S/C18H36O3/c1-6-8-9-10-11-16(14-21-12-7-2)13-15(3)18(4,5)17(19)20/h15-16H,6-14H2,1-5H3,(H,19,20). The van der Waals surface area contributed by atoms with Crippen molar-refractivity contribution in [1.29, 1.82) is 0 Å². The Labute approximate surface area is 131 Å². The first-order valence-corrected chi connectivity index (χ1v) is 8.67. The molecule has 1 N–H and O–H groups in total. The molecule has 0 saturated carbocycles. The molecule has 0 rings (SSSR count). The van der Waals surface area contributed by atoms with Crippen molar-refractivity contribution in [3.05, 3.63) is 0 Å². The predicted molar refractivity (Wildman–Crippen MR) is 88.6 cm³/mol. The third-order valence-corrected chi connectivity index (χ3v) is 4.64. The van der Waals surface area contributed by atoms with E-state index in [1.54, 1.807) is 0 Å². The smallest absolute Gasteiger partial charge is 0.309 e. The van der Waals surface area contributed by atoms with Crippen LogP contribution in [0.25, 0.3) is 0 Å². The molecule has 0 bridgehead atoms. The first-order valence-electron chi connectivity index (χ1n) is 8.67. The summed E-state index contributed by atoms with van der Waals surface area (Å²) in [5.74, 6) is -0.0485. The Morgan fingerprint density at radius 3 is 2.33 bits per heavy atom. The second-order valence-electron chi connectivity index (χ2n) is 6.95. The minimum atomic E-state index is -0.700. The molecule has 0 saturated heterocycles. The van der Waals surface area contributed by atoms with E-state index in [9.17, 15) is 9.90 Å². The summed E-state index contributed by atoms with van der Waals surface area (Å²) in [6, 6.07) is 0. The van der Waals surface area contributed by atoms with E-state index in [2.05, 4.69) is 20.8 Å². The second kappa shape index (κ2) is 11.1. The molecule has 0 aliphatic carbocycles. The van der Waals surface area contributed by atoms with E-state index in [1.807, 2.05) is 13.8 Å². The van der Waals surface area contributed by atoms with Crippen molar-refractivity contribution in [2.24, 2.45) is 17.3 Å². The van der Waals surface area contributed by atoms with Crippen LogP contribution in [0.5, 0.6) is 0 Å². The van der Waals surface area contributed by atoms with Gasteiger partial charge in [0.25, 0.3) is 0 Å². The molecule has 21 heavy (non-hydrogen) atoms. The Morgan fingerprint density at radius 1 is 1.14 bits per heavy atom. The number of unbranched alkanes of at least 4 members (excludes halogenated alkanes) is 3. The summed E-state index contributed by atoms with van der Waals surface area (Å²) in [4.78, 5) is 11.4. The Bertz CT molecular complexity index is 274. The van der Waals surface area contributed by atoms with E-state index < -0.39 is 11.4 Å². The van der Waals surface area contributed by atoms with Crippen LogP contribution in [0.15, 0.2) is 0 Å². The van der Waals surface area contributed by atoms with Gasteiger partial charge in [0.15, 0.2) is 0 Å². The maximum absolute atomic E-state index is 11.4. The molecule has 3 heteroatoms. The molecule has 2 unspecified atom stereocenters. The van der Waals surface area contributed by atoms with Crippen molar-refractivity contribution >= 4 is 5.97 Å². The number of rotatable bonds is 13. The molecule has 2 atom stereocenters. The number of carboxylic acids is 1. The van der Waals surface area contributed by atoms with Gasteiger partial charge in [-0.1, -0.05) is 46.5 Å². The lowest BCUT2D eigenvalue weighted by Crippen LogP contribution is -2.33. The summed E-state index contributed by atoms with van der Waals surface area (Å²) in [7, 11) is 0. The molecular formula is C18H36O3. The highest BCUT2D eigenvalue weighted by Gasteiger charge is 2.34. The van der Waals surface area contributed by atoms with Crippen LogP contribution in [0, 0.1) is 17.3 Å². The fourth-order valence-corrected chi connectivity index (χ4v) is 2.53. The first-order chi connectivity index (χ1) is 9.86. The minimum absolute atomic E-state index is 0.163. The van der Waals surface area contributed by atoms with Gasteiger partial charge in [0.1, 0.15) is 0 Å². The molecule has 0 aliphatic heterocycles. The van der Waals surface area contributed by atoms with Gasteiger partial charge in [0, 0.05) is 13.2 Å². The zero-order valence-corrected chi connectivity index (χ0v) is 14.8. The van der Waals surface area contributed by atoms with Gasteiger partial charge in [0.2, 0.25) is 0 Å². The van der Waals surface area contributed by atoms with Crippen molar-refractivity contribution in [1.82, 2.24) is 0 Å². The normalized spacial score (nSPS) is 14.9. The highest BCUT2D eigenvalue weighted by molar-refractivity contribution is 5.73. The summed E-state index contributed by atoms with van der Waals surface area (Å²) >= 11 is 0. The van der Waals surface area contributed by atoms with Crippen LogP contribution in [-0.4, -0.2) is 24.3 Å². The number of carboxylic acid groups (broad SMARTS) is 1. The summed E-state index contributed by atoms with van der Waals surface area (Å²) in [5, 5.41) is 9.35. The van der Waals surface area contributed by atoms with E-state index >= 15 is 0 Å². The van der Waals surface area contributed by atoms with Gasteiger partial charge in [0.05, 0.1) is 5.41 Å². The molecule has 0 aromatic carbocycles. The van der Waals surface area contributed by atoms with Gasteiger partial charge in [-0.3, -0.25) is 4.79 Å². The van der Waals surface area contributed by atoms with Gasteiger partial charge in [-0.05, 0) is 44.9 Å². The number of hydrogen-bond donors (Lipinski definition) is 1. The molecule has 0 radical (unpaired) electrons. The third kappa shape index (κ3) is 8.45. The maximum atomic E-state index is 11.4. The number of hydrogen-bond acceptors (Lipinski definition) is 2. The Hall–Kier alpha value is -0.570. The number of ether oxygens (including phenoxy) is 1. The monoisotopic (exact) mass is 300 g/mol. The molecule has 0 heterocycles. The van der Waals surface area contributed by atoms with Crippen molar-refractivity contribution in [3.63, 3.8) is 0 Å². The van der Waals surface area contributed by atoms with Crippen LogP contribution < -0.4 is 0 Å². The third-order valence-electron chi connectivity index (χ3n) is 4.64. The lowest BCUT2D eigenvalue weighted by molar-refractivity contribution is -0.150. The average Bonchev–Trinajstić information content (AvgIpc) is 2.43. The molecule has 3 nitrogen and oxygen atoms in total. The zero-order valence-electron chi connectivity index (χ0n) is 14.8. The highest BCUT2D eigenvalue weighted by atomic mass is 16.5. The van der Waals surface area contributed by atoms with Crippen LogP contribution >= 0.6 is 0 Å². The summed E-state index contributed by atoms with van der Waals surface area (Å²) in [6.45, 7) is 11.7. The second-order valence-corrected chi connectivity index (χ2v) is 6.95. The number of aliphatic carboxylic acids is 1. The fourth-order valence-electron chi connectivity index (χ4n) is 2.53. The summed E-state index contributed by atoms with van der Waals surface area (Å²) < 4.78 is 5.73. The zero-order chi connectivity index (χ0) is 16.3. The van der Waals surface area contributed by atoms with Gasteiger partial charge < -0.3 is 9.84 Å². The van der Waals surface area contributed by atoms with Crippen LogP contribution in [0.2, 0.25) is 0 Å². The van der Waals surface area contributed by atoms with Crippen LogP contribution in [0.1, 0.15) is 79.6 Å². The Balaban J connectivity index is 4.39. The van der Waals surface area contributed by atoms with Crippen molar-refractivity contribution in [2.45, 2.75) is 79.6 Å². The van der Waals surface area contributed by atoms with Gasteiger partial charge in [-0.2, -0.15) is 0 Å². The van der Waals surface area contributed by atoms with E-state index in [-0.39, 0.29) is 5.92 Å². The van der Waals surface area contributed by atoms with E-state index in [0.717, 1.165) is 32.5 Å². The summed E-state index contributed by atoms with van der Waals surface area (Å²) in [6.07, 6.45) is 8.18. The topological polar surface area (TPSA) is 46.5 Å². The maximum Gasteiger partial charge on any atom is 0.309 e. The molecule has 0 fully saturated rings. The quantitative estimate of drug-likeness (QED) is 0.479. The Morgan fingerprint density at radius 2 is 1.81 bits per heavy atom. The van der Waals surface area contributed by atoms with Gasteiger partial charge in [-0.15, -0.1) is 0 Å². The predicted octanol–water partition coefficient (Wildman–Crippen LogP) is 5.14. The van der Waals surface area contributed by atoms with Crippen LogP contribution in [0.4, 0.5) is 0 Å². The lowest BCUT2D eigenvalue weighted by atomic mass is 9.75. The largest absolute Gasteiger partial charge is 0.481 e. The SMILES string of the molecule is CCCCCCC(COCCC)CC(C)C(C)(C)C(=O)O. The first kappa shape index (κ1) is 20.4. The lowest BCUT2D eigenvalue weighted by Gasteiger charge is -2.30. The minimum Gasteiger partial charge on any atom is -0.481 e. The van der Waals surface area contributed by atoms with Crippen molar-refractivity contribution in [2.75, 3.05) is 13.2 Å². The van der Waals surface area contributed by atoms with Gasteiger partial charge in [-0.25, -0.2) is 0 Å². The number of carbonyl (C=O) groups is 1. The van der Waals surface area contributed by atoms with Crippen molar-refractivity contribution < 1.29 is 14.6 Å². The average molecular weight is 300 g/mol. The molecule has 0 aromatic rings. The molecule has 0 amide bonds. The highest BCUT2D eigenvalue weighted by Crippen LogP contribution is 2.33. The molecule has 0 aliphatic rings. The molecule has 126 valence electrons. The van der Waals surface area contributed by atoms with E-state index in [0.29, 0.717) is 5.92 Å². The van der Waals surface area contributed by atoms with Crippen LogP contribution in [-0.2, 0) is 9.53 Å². The molecule has 0 aromatic heterocycles. The van der Waals surface area contributed by atoms with Crippen LogP contribution in [0.3, 0.4) is 0 Å². The molecular weight excluding hydrogens is 264 g/mol.